The van der Waals surface area contributed by atoms with E-state index in [1.165, 1.54) is 21.5 Å². The molecule has 1 aliphatic rings. The minimum absolute atomic E-state index is 0. The van der Waals surface area contributed by atoms with Crippen molar-refractivity contribution in [1.29, 1.82) is 0 Å². The van der Waals surface area contributed by atoms with Gasteiger partial charge in [-0.25, -0.2) is 0 Å². The standard InChI is InChI=1S/C25H18O/c26-25-20(14-13-17-7-1-6-12-23(17)25)16-24-21-10-4-2-8-18(21)15-19-9-3-5-11-22(19)24/h1-13,15-16,26H,14H2/b20-16+. The van der Waals surface area contributed by atoms with Gasteiger partial charge in [0.25, 0.3) is 0 Å². The quantitative estimate of drug-likeness (QED) is 0.485. The van der Waals surface area contributed by atoms with Gasteiger partial charge in [0.05, 0.1) is 0 Å². The Labute approximate surface area is 153 Å². The van der Waals surface area contributed by atoms with Crippen LogP contribution in [-0.4, -0.2) is 0 Å². The second kappa shape index (κ2) is 5.89. The minimum atomic E-state index is 0. The topological polar surface area (TPSA) is 23.1 Å². The van der Waals surface area contributed by atoms with E-state index in [2.05, 4.69) is 66.7 Å². The van der Waals surface area contributed by atoms with Crippen molar-refractivity contribution in [3.63, 3.8) is 0 Å². The van der Waals surface area contributed by atoms with Crippen molar-refractivity contribution in [2.45, 2.75) is 6.42 Å². The van der Waals surface area contributed by atoms with Crippen molar-refractivity contribution in [2.75, 3.05) is 0 Å². The molecule has 0 radical (unpaired) electrons. The largest absolute Gasteiger partial charge is 1.00 e. The Bertz CT molecular complexity index is 1260. The molecule has 124 valence electrons. The molecular weight excluding hydrogens is 316 g/mol. The van der Waals surface area contributed by atoms with Gasteiger partial charge in [-0.3, -0.25) is 0 Å². The molecule has 4 aromatic carbocycles. The Morgan fingerprint density at radius 2 is 1.38 bits per heavy atom. The summed E-state index contributed by atoms with van der Waals surface area (Å²) in [5, 5.41) is 19.6. The summed E-state index contributed by atoms with van der Waals surface area (Å²) in [5.41, 5.74) is 1.99. The first-order chi connectivity index (χ1) is 12.8. The van der Waals surface area contributed by atoms with Crippen molar-refractivity contribution < 1.29 is 6.53 Å². The first-order valence-electron chi connectivity index (χ1n) is 8.89. The third-order valence-electron chi connectivity index (χ3n) is 5.17. The van der Waals surface area contributed by atoms with Crippen LogP contribution in [0.5, 0.6) is 0 Å². The van der Waals surface area contributed by atoms with Gasteiger partial charge in [0, 0.05) is 0 Å². The molecule has 4 aromatic rings. The van der Waals surface area contributed by atoms with Crippen molar-refractivity contribution in [1.82, 2.24) is 0 Å². The van der Waals surface area contributed by atoms with Gasteiger partial charge >= 0.3 is 1.43 Å². The fourth-order valence-electron chi connectivity index (χ4n) is 3.87. The summed E-state index contributed by atoms with van der Waals surface area (Å²) in [6.07, 6.45) is 4.92. The monoisotopic (exact) mass is 334 g/mol. The maximum atomic E-state index is 13.0. The van der Waals surface area contributed by atoms with E-state index in [4.69, 9.17) is 0 Å². The SMILES string of the molecule is [H+].[O-]C1=c2ccccc2=CC/C1=C\c1c2ccccc2cc2ccccc12. The van der Waals surface area contributed by atoms with Gasteiger partial charge in [0.15, 0.2) is 0 Å². The van der Waals surface area contributed by atoms with Crippen molar-refractivity contribution >= 4 is 39.5 Å². The molecular formula is C25H18O. The van der Waals surface area contributed by atoms with E-state index < -0.39 is 0 Å². The van der Waals surface area contributed by atoms with Crippen LogP contribution in [-0.2, 0) is 0 Å². The molecule has 1 nitrogen and oxygen atoms in total. The summed E-state index contributed by atoms with van der Waals surface area (Å²) in [5.74, 6) is 0.139. The second-order valence-corrected chi connectivity index (χ2v) is 6.73. The van der Waals surface area contributed by atoms with E-state index in [1.807, 2.05) is 24.3 Å². The molecule has 0 saturated heterocycles. The summed E-state index contributed by atoms with van der Waals surface area (Å²) in [6, 6.07) is 26.8. The fraction of sp³-hybridized carbons (Fsp3) is 0.0400. The number of rotatable bonds is 1. The maximum Gasteiger partial charge on any atom is 1.00 e. The first kappa shape index (κ1) is 15.0. The normalized spacial score (nSPS) is 15.2. The zero-order chi connectivity index (χ0) is 17.5. The highest BCUT2D eigenvalue weighted by molar-refractivity contribution is 6.07. The zero-order valence-electron chi connectivity index (χ0n) is 15.3. The van der Waals surface area contributed by atoms with E-state index in [0.29, 0.717) is 6.42 Å². The summed E-state index contributed by atoms with van der Waals surface area (Å²) >= 11 is 0. The lowest BCUT2D eigenvalue weighted by Crippen LogP contribution is -2.34. The third-order valence-corrected chi connectivity index (χ3v) is 5.17. The Morgan fingerprint density at radius 3 is 2.12 bits per heavy atom. The summed E-state index contributed by atoms with van der Waals surface area (Å²) in [7, 11) is 0. The molecule has 0 amide bonds. The van der Waals surface area contributed by atoms with Gasteiger partial charge in [0.2, 0.25) is 0 Å². The molecule has 26 heavy (non-hydrogen) atoms. The molecule has 0 heterocycles. The van der Waals surface area contributed by atoms with Crippen LogP contribution >= 0.6 is 0 Å². The fourth-order valence-corrected chi connectivity index (χ4v) is 3.87. The molecule has 0 fully saturated rings. The number of fused-ring (bicyclic) bond motifs is 3. The van der Waals surface area contributed by atoms with Gasteiger partial charge in [0.1, 0.15) is 0 Å². The van der Waals surface area contributed by atoms with Crippen LogP contribution in [0.3, 0.4) is 0 Å². The Hall–Kier alpha value is -3.32. The van der Waals surface area contributed by atoms with Crippen LogP contribution in [0.15, 0.2) is 84.4 Å². The second-order valence-electron chi connectivity index (χ2n) is 6.73. The van der Waals surface area contributed by atoms with Gasteiger partial charge in [-0.05, 0) is 50.0 Å². The van der Waals surface area contributed by atoms with Gasteiger partial charge in [-0.1, -0.05) is 96.3 Å². The predicted molar refractivity (Wildman–Crippen MR) is 109 cm³/mol. The number of hydrogen-bond acceptors (Lipinski definition) is 1. The Balaban J connectivity index is 0.00000180. The van der Waals surface area contributed by atoms with Crippen LogP contribution in [0.1, 0.15) is 13.4 Å². The van der Waals surface area contributed by atoms with Gasteiger partial charge in [-0.2, -0.15) is 0 Å². The molecule has 0 unspecified atom stereocenters. The Kier molecular flexibility index (Phi) is 3.39. The highest BCUT2D eigenvalue weighted by atomic mass is 16.3. The van der Waals surface area contributed by atoms with E-state index in [1.54, 1.807) is 0 Å². The lowest BCUT2D eigenvalue weighted by molar-refractivity contribution is -0.245. The molecule has 0 saturated carbocycles. The molecule has 0 atom stereocenters. The van der Waals surface area contributed by atoms with E-state index in [9.17, 15) is 5.11 Å². The van der Waals surface area contributed by atoms with E-state index >= 15 is 0 Å². The number of hydrogen-bond donors (Lipinski definition) is 0. The molecule has 0 N–H and O–H groups in total. The molecule has 5 rings (SSSR count). The summed E-state index contributed by atoms with van der Waals surface area (Å²) in [4.78, 5) is 0. The van der Waals surface area contributed by atoms with Gasteiger partial charge < -0.3 is 5.11 Å². The lowest BCUT2D eigenvalue weighted by atomic mass is 9.93. The Morgan fingerprint density at radius 1 is 0.769 bits per heavy atom. The molecule has 0 aliphatic heterocycles. The van der Waals surface area contributed by atoms with Crippen molar-refractivity contribution in [2.24, 2.45) is 0 Å². The minimum Gasteiger partial charge on any atom is -0.872 e. The summed E-state index contributed by atoms with van der Waals surface area (Å²) < 4.78 is 0. The third kappa shape index (κ3) is 2.33. The number of benzene rings is 4. The van der Waals surface area contributed by atoms with Crippen LogP contribution in [0.4, 0.5) is 0 Å². The summed E-state index contributed by atoms with van der Waals surface area (Å²) in [6.45, 7) is 0. The van der Waals surface area contributed by atoms with Crippen LogP contribution in [0.25, 0.3) is 39.5 Å². The molecule has 0 spiro atoms. The highest BCUT2D eigenvalue weighted by Crippen LogP contribution is 2.31. The van der Waals surface area contributed by atoms with Crippen LogP contribution in [0.2, 0.25) is 0 Å². The van der Waals surface area contributed by atoms with E-state index in [0.717, 1.165) is 21.6 Å². The van der Waals surface area contributed by atoms with Crippen LogP contribution in [0, 0.1) is 0 Å². The predicted octanol–water partition coefficient (Wildman–Crippen LogP) is 3.84. The van der Waals surface area contributed by atoms with E-state index in [-0.39, 0.29) is 7.19 Å². The van der Waals surface area contributed by atoms with Crippen molar-refractivity contribution in [3.8, 4) is 0 Å². The van der Waals surface area contributed by atoms with Crippen LogP contribution < -0.4 is 15.5 Å². The van der Waals surface area contributed by atoms with Crippen molar-refractivity contribution in [3.05, 3.63) is 100 Å². The zero-order valence-corrected chi connectivity index (χ0v) is 14.3. The van der Waals surface area contributed by atoms with Gasteiger partial charge in [-0.15, -0.1) is 0 Å². The average molecular weight is 334 g/mol. The molecule has 0 aromatic heterocycles. The smallest absolute Gasteiger partial charge is 0.872 e. The maximum absolute atomic E-state index is 13.0. The molecule has 1 heteroatoms. The highest BCUT2D eigenvalue weighted by Gasteiger charge is 2.08. The first-order valence-corrected chi connectivity index (χ1v) is 8.89. The molecule has 0 bridgehead atoms. The lowest BCUT2D eigenvalue weighted by Gasteiger charge is -2.20. The molecule has 1 aliphatic carbocycles. The average Bonchev–Trinajstić information content (AvgIpc) is 2.70.